The van der Waals surface area contributed by atoms with Crippen LogP contribution in [-0.2, 0) is 6.42 Å². The minimum Gasteiger partial charge on any atom is -0.486 e. The third kappa shape index (κ3) is 2.63. The Morgan fingerprint density at radius 3 is 2.60 bits per heavy atom. The van der Waals surface area contributed by atoms with Crippen molar-refractivity contribution in [2.75, 3.05) is 20.3 Å². The van der Waals surface area contributed by atoms with Gasteiger partial charge in [0, 0.05) is 11.6 Å². The topological polar surface area (TPSA) is 30.5 Å². The molecule has 3 heteroatoms. The second kappa shape index (κ2) is 5.97. The monoisotopic (exact) mass is 269 g/mol. The molecule has 1 aliphatic heterocycles. The minimum atomic E-state index is 0.217. The second-order valence-electron chi connectivity index (χ2n) is 4.90. The molecule has 0 aliphatic carbocycles. The lowest BCUT2D eigenvalue weighted by Gasteiger charge is -2.25. The summed E-state index contributed by atoms with van der Waals surface area (Å²) in [5, 5.41) is 3.38. The number of ether oxygens (including phenoxy) is 2. The molecule has 104 valence electrons. The second-order valence-corrected chi connectivity index (χ2v) is 4.90. The first-order valence-corrected chi connectivity index (χ1v) is 6.98. The zero-order valence-electron chi connectivity index (χ0n) is 11.6. The average Bonchev–Trinajstić information content (AvgIpc) is 2.53. The van der Waals surface area contributed by atoms with Crippen LogP contribution >= 0.6 is 0 Å². The Balaban J connectivity index is 1.90. The molecule has 1 aliphatic rings. The van der Waals surface area contributed by atoms with Gasteiger partial charge in [-0.05, 0) is 25.1 Å². The van der Waals surface area contributed by atoms with Crippen molar-refractivity contribution in [2.24, 2.45) is 0 Å². The van der Waals surface area contributed by atoms with Gasteiger partial charge in [-0.25, -0.2) is 0 Å². The van der Waals surface area contributed by atoms with E-state index in [4.69, 9.17) is 9.47 Å². The third-order valence-corrected chi connectivity index (χ3v) is 3.60. The summed E-state index contributed by atoms with van der Waals surface area (Å²) in [7, 11) is 1.98. The zero-order valence-corrected chi connectivity index (χ0v) is 11.6. The van der Waals surface area contributed by atoms with Crippen molar-refractivity contribution < 1.29 is 9.47 Å². The number of likely N-dealkylation sites (N-methyl/N-ethyl adjacent to an activating group) is 1. The van der Waals surface area contributed by atoms with Crippen LogP contribution in [0.5, 0.6) is 11.5 Å². The van der Waals surface area contributed by atoms with Crippen molar-refractivity contribution >= 4 is 0 Å². The predicted molar refractivity (Wildman–Crippen MR) is 79.4 cm³/mol. The minimum absolute atomic E-state index is 0.217. The number of rotatable bonds is 4. The largest absolute Gasteiger partial charge is 0.486 e. The molecule has 0 spiro atoms. The maximum Gasteiger partial charge on any atom is 0.166 e. The van der Waals surface area contributed by atoms with Gasteiger partial charge in [-0.15, -0.1) is 0 Å². The Labute approximate surface area is 119 Å². The Bertz CT molecular complexity index is 568. The molecule has 3 nitrogen and oxygen atoms in total. The van der Waals surface area contributed by atoms with Crippen molar-refractivity contribution in [1.29, 1.82) is 0 Å². The molecule has 0 radical (unpaired) electrons. The highest BCUT2D eigenvalue weighted by molar-refractivity contribution is 5.49. The van der Waals surface area contributed by atoms with Gasteiger partial charge in [-0.1, -0.05) is 42.5 Å². The molecule has 0 aromatic heterocycles. The number of nitrogens with one attached hydrogen (secondary N) is 1. The van der Waals surface area contributed by atoms with Crippen LogP contribution in [0.2, 0.25) is 0 Å². The Morgan fingerprint density at radius 2 is 1.80 bits per heavy atom. The molecular formula is C17H19NO2. The van der Waals surface area contributed by atoms with Gasteiger partial charge >= 0.3 is 0 Å². The van der Waals surface area contributed by atoms with Crippen LogP contribution in [-0.4, -0.2) is 20.3 Å². The molecule has 2 aromatic carbocycles. The third-order valence-electron chi connectivity index (χ3n) is 3.60. The van der Waals surface area contributed by atoms with E-state index in [0.717, 1.165) is 23.5 Å². The molecule has 20 heavy (non-hydrogen) atoms. The van der Waals surface area contributed by atoms with Crippen LogP contribution in [0.15, 0.2) is 48.5 Å². The maximum absolute atomic E-state index is 5.81. The molecule has 3 rings (SSSR count). The van der Waals surface area contributed by atoms with Crippen LogP contribution in [0, 0.1) is 0 Å². The molecule has 1 heterocycles. The summed E-state index contributed by atoms with van der Waals surface area (Å²) in [5.74, 6) is 1.73. The molecule has 1 unspecified atom stereocenters. The highest BCUT2D eigenvalue weighted by Gasteiger charge is 2.21. The fourth-order valence-electron chi connectivity index (χ4n) is 2.59. The predicted octanol–water partition coefficient (Wildman–Crippen LogP) is 2.96. The molecule has 0 amide bonds. The lowest BCUT2D eigenvalue weighted by atomic mass is 9.97. The summed E-state index contributed by atoms with van der Waals surface area (Å²) >= 11 is 0. The van der Waals surface area contributed by atoms with Gasteiger partial charge in [-0.3, -0.25) is 0 Å². The van der Waals surface area contributed by atoms with Crippen molar-refractivity contribution in [2.45, 2.75) is 12.5 Å². The van der Waals surface area contributed by atoms with Crippen LogP contribution in [0.1, 0.15) is 17.2 Å². The van der Waals surface area contributed by atoms with Crippen LogP contribution in [0.4, 0.5) is 0 Å². The molecule has 0 saturated heterocycles. The van der Waals surface area contributed by atoms with E-state index in [0.29, 0.717) is 13.2 Å². The van der Waals surface area contributed by atoms with E-state index in [1.54, 1.807) is 0 Å². The molecule has 0 bridgehead atoms. The van der Waals surface area contributed by atoms with Crippen molar-refractivity contribution in [3.63, 3.8) is 0 Å². The maximum atomic E-state index is 5.81. The first kappa shape index (κ1) is 13.0. The summed E-state index contributed by atoms with van der Waals surface area (Å²) in [5.41, 5.74) is 2.47. The van der Waals surface area contributed by atoms with Crippen LogP contribution < -0.4 is 14.8 Å². The van der Waals surface area contributed by atoms with E-state index in [2.05, 4.69) is 35.6 Å². The molecule has 1 atom stereocenters. The normalized spacial score (nSPS) is 14.8. The zero-order chi connectivity index (χ0) is 13.8. The Kier molecular flexibility index (Phi) is 3.88. The number of hydrogen-bond donors (Lipinski definition) is 1. The van der Waals surface area contributed by atoms with E-state index >= 15 is 0 Å². The highest BCUT2D eigenvalue weighted by Crippen LogP contribution is 2.37. The average molecular weight is 269 g/mol. The number of hydrogen-bond acceptors (Lipinski definition) is 3. The standard InChI is InChI=1S/C17H19NO2/c1-18-15(12-13-6-3-2-4-7-13)14-8-5-9-16-17(14)20-11-10-19-16/h2-9,15,18H,10-12H2,1H3. The SMILES string of the molecule is CNC(Cc1ccccc1)c1cccc2c1OCCO2. The fourth-order valence-corrected chi connectivity index (χ4v) is 2.59. The van der Waals surface area contributed by atoms with E-state index in [-0.39, 0.29) is 6.04 Å². The van der Waals surface area contributed by atoms with E-state index < -0.39 is 0 Å². The smallest absolute Gasteiger partial charge is 0.166 e. The Hall–Kier alpha value is -2.00. The van der Waals surface area contributed by atoms with Crippen molar-refractivity contribution in [3.05, 3.63) is 59.7 Å². The van der Waals surface area contributed by atoms with Gasteiger partial charge < -0.3 is 14.8 Å². The van der Waals surface area contributed by atoms with Crippen molar-refractivity contribution in [1.82, 2.24) is 5.32 Å². The Morgan fingerprint density at radius 1 is 1.00 bits per heavy atom. The van der Waals surface area contributed by atoms with Crippen molar-refractivity contribution in [3.8, 4) is 11.5 Å². The fraction of sp³-hybridized carbons (Fsp3) is 0.294. The summed E-state index contributed by atoms with van der Waals surface area (Å²) in [6.07, 6.45) is 0.928. The van der Waals surface area contributed by atoms with Gasteiger partial charge in [0.05, 0.1) is 0 Å². The summed E-state index contributed by atoms with van der Waals surface area (Å²) < 4.78 is 11.5. The summed E-state index contributed by atoms with van der Waals surface area (Å²) in [6.45, 7) is 1.24. The molecule has 1 N–H and O–H groups in total. The van der Waals surface area contributed by atoms with E-state index in [1.165, 1.54) is 5.56 Å². The molecule has 2 aromatic rings. The molecule has 0 fully saturated rings. The lowest BCUT2D eigenvalue weighted by molar-refractivity contribution is 0.168. The van der Waals surface area contributed by atoms with Gasteiger partial charge in [-0.2, -0.15) is 0 Å². The number of para-hydroxylation sites is 1. The van der Waals surface area contributed by atoms with Gasteiger partial charge in [0.25, 0.3) is 0 Å². The number of benzene rings is 2. The highest BCUT2D eigenvalue weighted by atomic mass is 16.6. The quantitative estimate of drug-likeness (QED) is 0.925. The first-order chi connectivity index (χ1) is 9.88. The van der Waals surface area contributed by atoms with Gasteiger partial charge in [0.15, 0.2) is 11.5 Å². The van der Waals surface area contributed by atoms with E-state index in [1.807, 2.05) is 25.2 Å². The van der Waals surface area contributed by atoms with Gasteiger partial charge in [0.2, 0.25) is 0 Å². The lowest BCUT2D eigenvalue weighted by Crippen LogP contribution is -2.23. The summed E-state index contributed by atoms with van der Waals surface area (Å²) in [4.78, 5) is 0. The molecule has 0 saturated carbocycles. The van der Waals surface area contributed by atoms with E-state index in [9.17, 15) is 0 Å². The van der Waals surface area contributed by atoms with Gasteiger partial charge in [0.1, 0.15) is 13.2 Å². The van der Waals surface area contributed by atoms with Crippen LogP contribution in [0.3, 0.4) is 0 Å². The number of fused-ring (bicyclic) bond motifs is 1. The van der Waals surface area contributed by atoms with Crippen LogP contribution in [0.25, 0.3) is 0 Å². The summed E-state index contributed by atoms with van der Waals surface area (Å²) in [6, 6.07) is 16.8. The first-order valence-electron chi connectivity index (χ1n) is 6.98. The molecular weight excluding hydrogens is 250 g/mol.